The number of amides is 1. The number of carbonyl (C=O) groups excluding carboxylic acids is 1. The van der Waals surface area contributed by atoms with Gasteiger partial charge in [0.15, 0.2) is 11.5 Å². The fourth-order valence-corrected chi connectivity index (χ4v) is 3.16. The van der Waals surface area contributed by atoms with E-state index in [1.807, 2.05) is 24.3 Å². The lowest BCUT2D eigenvalue weighted by Crippen LogP contribution is -2.31. The molecule has 1 aliphatic heterocycles. The maximum atomic E-state index is 12.1. The van der Waals surface area contributed by atoms with Crippen LogP contribution in [0, 0.1) is 5.92 Å². The topological polar surface area (TPSA) is 47.6 Å². The summed E-state index contributed by atoms with van der Waals surface area (Å²) in [5.41, 5.74) is 1.11. The highest BCUT2D eigenvalue weighted by Crippen LogP contribution is 2.43. The molecule has 0 saturated heterocycles. The van der Waals surface area contributed by atoms with Crippen LogP contribution in [0.4, 0.5) is 0 Å². The van der Waals surface area contributed by atoms with Crippen LogP contribution in [-0.2, 0) is 4.79 Å². The van der Waals surface area contributed by atoms with Crippen molar-refractivity contribution in [2.24, 2.45) is 5.92 Å². The smallest absolute Gasteiger partial charge is 0.230 e. The summed E-state index contributed by atoms with van der Waals surface area (Å²) in [6.07, 6.45) is 4.15. The van der Waals surface area contributed by atoms with E-state index in [9.17, 15) is 4.79 Å². The van der Waals surface area contributed by atoms with Gasteiger partial charge < -0.3 is 14.8 Å². The Balaban J connectivity index is 1.68. The molecule has 5 heteroatoms. The zero-order chi connectivity index (χ0) is 15.4. The van der Waals surface area contributed by atoms with Gasteiger partial charge in [-0.2, -0.15) is 0 Å². The van der Waals surface area contributed by atoms with E-state index in [2.05, 4.69) is 11.9 Å². The van der Waals surface area contributed by atoms with Crippen LogP contribution in [0.15, 0.2) is 30.9 Å². The summed E-state index contributed by atoms with van der Waals surface area (Å²) < 4.78 is 11.2. The minimum Gasteiger partial charge on any atom is -0.486 e. The number of hydrogen-bond donors (Lipinski definition) is 1. The lowest BCUT2D eigenvalue weighted by Gasteiger charge is -2.23. The van der Waals surface area contributed by atoms with Crippen LogP contribution < -0.4 is 14.8 Å². The van der Waals surface area contributed by atoms with Crippen molar-refractivity contribution in [1.29, 1.82) is 0 Å². The quantitative estimate of drug-likeness (QED) is 0.620. The Morgan fingerprint density at radius 1 is 1.36 bits per heavy atom. The third kappa shape index (κ3) is 3.77. The van der Waals surface area contributed by atoms with E-state index in [-0.39, 0.29) is 11.9 Å². The van der Waals surface area contributed by atoms with Crippen molar-refractivity contribution in [1.82, 2.24) is 5.32 Å². The molecule has 2 aliphatic rings. The van der Waals surface area contributed by atoms with Crippen LogP contribution in [-0.4, -0.2) is 30.6 Å². The van der Waals surface area contributed by atoms with E-state index < -0.39 is 0 Å². The SMILES string of the molecule is C=CCSCC(=O)NC(c1ccc2c(c1)OCCO2)C1CC1. The zero-order valence-electron chi connectivity index (χ0n) is 12.5. The van der Waals surface area contributed by atoms with Gasteiger partial charge in [-0.1, -0.05) is 12.1 Å². The van der Waals surface area contributed by atoms with Gasteiger partial charge in [0.1, 0.15) is 13.2 Å². The van der Waals surface area contributed by atoms with E-state index in [4.69, 9.17) is 9.47 Å². The molecule has 1 saturated carbocycles. The maximum absolute atomic E-state index is 12.1. The molecule has 1 fully saturated rings. The molecular formula is C17H21NO3S. The molecule has 1 aromatic rings. The van der Waals surface area contributed by atoms with E-state index >= 15 is 0 Å². The van der Waals surface area contributed by atoms with Crippen molar-refractivity contribution < 1.29 is 14.3 Å². The van der Waals surface area contributed by atoms with Crippen LogP contribution in [0.25, 0.3) is 0 Å². The predicted octanol–water partition coefficient (Wildman–Crippen LogP) is 2.94. The van der Waals surface area contributed by atoms with Gasteiger partial charge >= 0.3 is 0 Å². The summed E-state index contributed by atoms with van der Waals surface area (Å²) in [4.78, 5) is 12.1. The molecule has 1 aliphatic carbocycles. The van der Waals surface area contributed by atoms with E-state index in [1.54, 1.807) is 11.8 Å². The molecule has 0 bridgehead atoms. The van der Waals surface area contributed by atoms with Gasteiger partial charge in [0.05, 0.1) is 11.8 Å². The molecule has 0 aromatic heterocycles. The van der Waals surface area contributed by atoms with Crippen LogP contribution in [0.1, 0.15) is 24.4 Å². The molecule has 3 rings (SSSR count). The standard InChI is InChI=1S/C17H21NO3S/c1-2-9-22-11-16(19)18-17(12-3-4-12)13-5-6-14-15(10-13)21-8-7-20-14/h2,5-6,10,12,17H,1,3-4,7-9,11H2,(H,18,19). The Morgan fingerprint density at radius 3 is 2.86 bits per heavy atom. The van der Waals surface area contributed by atoms with Gasteiger partial charge in [-0.25, -0.2) is 0 Å². The largest absolute Gasteiger partial charge is 0.486 e. The second kappa shape index (κ2) is 7.09. The maximum Gasteiger partial charge on any atom is 0.230 e. The number of ether oxygens (including phenoxy) is 2. The third-order valence-corrected chi connectivity index (χ3v) is 4.74. The number of nitrogens with one attached hydrogen (secondary N) is 1. The highest BCUT2D eigenvalue weighted by molar-refractivity contribution is 8.00. The van der Waals surface area contributed by atoms with Crippen molar-refractivity contribution in [3.63, 3.8) is 0 Å². The molecule has 4 nitrogen and oxygen atoms in total. The zero-order valence-corrected chi connectivity index (χ0v) is 13.4. The number of carbonyl (C=O) groups is 1. The Kier molecular flexibility index (Phi) is 4.93. The van der Waals surface area contributed by atoms with Crippen LogP contribution in [0.2, 0.25) is 0 Å². The molecule has 1 heterocycles. The highest BCUT2D eigenvalue weighted by atomic mass is 32.2. The summed E-state index contributed by atoms with van der Waals surface area (Å²) in [7, 11) is 0. The Bertz CT molecular complexity index is 557. The lowest BCUT2D eigenvalue weighted by atomic mass is 10.0. The number of rotatable bonds is 7. The van der Waals surface area contributed by atoms with E-state index in [1.165, 1.54) is 12.8 Å². The predicted molar refractivity (Wildman–Crippen MR) is 88.6 cm³/mol. The van der Waals surface area contributed by atoms with Crippen LogP contribution in [0.5, 0.6) is 11.5 Å². The van der Waals surface area contributed by atoms with Crippen molar-refractivity contribution in [2.45, 2.75) is 18.9 Å². The summed E-state index contributed by atoms with van der Waals surface area (Å²) in [5, 5.41) is 3.17. The fourth-order valence-electron chi connectivity index (χ4n) is 2.61. The van der Waals surface area contributed by atoms with Crippen molar-refractivity contribution in [3.8, 4) is 11.5 Å². The molecule has 118 valence electrons. The molecule has 0 spiro atoms. The van der Waals surface area contributed by atoms with Crippen molar-refractivity contribution in [3.05, 3.63) is 36.4 Å². The van der Waals surface area contributed by atoms with Gasteiger partial charge in [-0.15, -0.1) is 18.3 Å². The second-order valence-electron chi connectivity index (χ2n) is 5.59. The van der Waals surface area contributed by atoms with Crippen molar-refractivity contribution >= 4 is 17.7 Å². The van der Waals surface area contributed by atoms with E-state index in [0.717, 1.165) is 22.8 Å². The van der Waals surface area contributed by atoms with Gasteiger partial charge in [0, 0.05) is 5.75 Å². The molecular weight excluding hydrogens is 298 g/mol. The Hall–Kier alpha value is -1.62. The lowest BCUT2D eigenvalue weighted by molar-refractivity contribution is -0.119. The first-order valence-corrected chi connectivity index (χ1v) is 8.81. The number of hydrogen-bond acceptors (Lipinski definition) is 4. The van der Waals surface area contributed by atoms with E-state index in [0.29, 0.717) is 24.9 Å². The molecule has 0 radical (unpaired) electrons. The second-order valence-corrected chi connectivity index (χ2v) is 6.62. The number of thioether (sulfide) groups is 1. The average Bonchev–Trinajstić information content (AvgIpc) is 3.37. The first kappa shape index (κ1) is 15.3. The van der Waals surface area contributed by atoms with Gasteiger partial charge in [0.25, 0.3) is 0 Å². The number of fused-ring (bicyclic) bond motifs is 1. The molecule has 1 unspecified atom stereocenters. The molecule has 1 amide bonds. The Labute approximate surface area is 135 Å². The van der Waals surface area contributed by atoms with Crippen LogP contribution in [0.3, 0.4) is 0 Å². The average molecular weight is 319 g/mol. The van der Waals surface area contributed by atoms with Gasteiger partial charge in [-0.3, -0.25) is 4.79 Å². The minimum absolute atomic E-state index is 0.0765. The summed E-state index contributed by atoms with van der Waals surface area (Å²) >= 11 is 1.58. The molecule has 1 aromatic carbocycles. The summed E-state index contributed by atoms with van der Waals surface area (Å²) in [6.45, 7) is 4.84. The minimum atomic E-state index is 0.0765. The van der Waals surface area contributed by atoms with Crippen LogP contribution >= 0.6 is 11.8 Å². The molecule has 1 atom stereocenters. The van der Waals surface area contributed by atoms with Gasteiger partial charge in [-0.05, 0) is 36.5 Å². The molecule has 1 N–H and O–H groups in total. The normalized spacial score (nSPS) is 17.6. The fraction of sp³-hybridized carbons (Fsp3) is 0.471. The Morgan fingerprint density at radius 2 is 2.14 bits per heavy atom. The first-order chi connectivity index (χ1) is 10.8. The summed E-state index contributed by atoms with van der Waals surface area (Å²) in [5.74, 6) is 3.46. The first-order valence-electron chi connectivity index (χ1n) is 7.65. The number of benzene rings is 1. The summed E-state index contributed by atoms with van der Waals surface area (Å²) in [6, 6.07) is 6.06. The van der Waals surface area contributed by atoms with Crippen molar-refractivity contribution in [2.75, 3.05) is 24.7 Å². The monoisotopic (exact) mass is 319 g/mol. The molecule has 22 heavy (non-hydrogen) atoms. The van der Waals surface area contributed by atoms with Gasteiger partial charge in [0.2, 0.25) is 5.91 Å². The highest BCUT2D eigenvalue weighted by Gasteiger charge is 2.34. The third-order valence-electron chi connectivity index (χ3n) is 3.80.